The van der Waals surface area contributed by atoms with E-state index in [-0.39, 0.29) is 11.3 Å². The summed E-state index contributed by atoms with van der Waals surface area (Å²) in [6, 6.07) is 12.5. The van der Waals surface area contributed by atoms with Crippen LogP contribution in [0.25, 0.3) is 11.3 Å². The number of unbranched alkanes of at least 4 members (excludes halogenated alkanes) is 5. The lowest BCUT2D eigenvalue weighted by Gasteiger charge is -2.08. The molecule has 1 heterocycles. The maximum atomic E-state index is 11.4. The van der Waals surface area contributed by atoms with Gasteiger partial charge in [-0.15, -0.1) is 11.3 Å². The van der Waals surface area contributed by atoms with Crippen LogP contribution in [-0.2, 0) is 0 Å². The highest BCUT2D eigenvalue weighted by Gasteiger charge is 2.11. The Bertz CT molecular complexity index is 986. The summed E-state index contributed by atoms with van der Waals surface area (Å²) < 4.78 is 5.82. The first-order valence-electron chi connectivity index (χ1n) is 10.7. The number of aromatic nitrogens is 1. The van der Waals surface area contributed by atoms with Gasteiger partial charge in [0.25, 0.3) is 5.91 Å². The molecule has 0 aliphatic carbocycles. The second-order valence-corrected chi connectivity index (χ2v) is 8.26. The number of phenols is 1. The second-order valence-electron chi connectivity index (χ2n) is 7.40. The van der Waals surface area contributed by atoms with Crippen molar-refractivity contribution in [1.29, 1.82) is 0 Å². The molecule has 0 aliphatic heterocycles. The highest BCUT2D eigenvalue weighted by molar-refractivity contribution is 7.14. The molecule has 31 heavy (non-hydrogen) atoms. The summed E-state index contributed by atoms with van der Waals surface area (Å²) in [5.41, 5.74) is 7.72. The summed E-state index contributed by atoms with van der Waals surface area (Å²) in [7, 11) is 0. The molecule has 1 amide bonds. The zero-order chi connectivity index (χ0) is 22.1. The van der Waals surface area contributed by atoms with Gasteiger partial charge in [-0.25, -0.2) is 4.98 Å². The number of anilines is 2. The van der Waals surface area contributed by atoms with Gasteiger partial charge in [-0.05, 0) is 48.9 Å². The first-order chi connectivity index (χ1) is 15.1. The monoisotopic (exact) mass is 439 g/mol. The molecule has 0 saturated carbocycles. The summed E-state index contributed by atoms with van der Waals surface area (Å²) in [5, 5.41) is 15.6. The van der Waals surface area contributed by atoms with E-state index in [0.29, 0.717) is 11.3 Å². The van der Waals surface area contributed by atoms with E-state index in [1.54, 1.807) is 12.1 Å². The SMILES string of the molecule is CCCCCCCCOc1ccc(Nc2nc(-c3ccc(O)c(C(N)=O)c3)cs2)cc1. The van der Waals surface area contributed by atoms with Crippen LogP contribution in [0.15, 0.2) is 47.8 Å². The standard InChI is InChI=1S/C24H29N3O3S/c1-2-3-4-5-6-7-14-30-19-11-9-18(10-12-19)26-24-27-21(16-31-24)17-8-13-22(28)20(15-17)23(25)29/h8-13,15-16,28H,2-7,14H2,1H3,(H2,25,29)(H,26,27). The van der Waals surface area contributed by atoms with Gasteiger partial charge in [0.2, 0.25) is 0 Å². The van der Waals surface area contributed by atoms with Crippen molar-refractivity contribution >= 4 is 28.1 Å². The van der Waals surface area contributed by atoms with Gasteiger partial charge in [-0.2, -0.15) is 0 Å². The third-order valence-corrected chi connectivity index (χ3v) is 5.69. The minimum absolute atomic E-state index is 0.0801. The third-order valence-electron chi connectivity index (χ3n) is 4.93. The smallest absolute Gasteiger partial charge is 0.252 e. The maximum Gasteiger partial charge on any atom is 0.252 e. The lowest BCUT2D eigenvalue weighted by atomic mass is 10.1. The molecule has 4 N–H and O–H groups in total. The Morgan fingerprint density at radius 1 is 1.10 bits per heavy atom. The topological polar surface area (TPSA) is 97.5 Å². The number of aromatic hydroxyl groups is 1. The number of primary amides is 1. The number of rotatable bonds is 12. The van der Waals surface area contributed by atoms with E-state index in [2.05, 4.69) is 17.2 Å². The Hall–Kier alpha value is -3.06. The average Bonchev–Trinajstić information content (AvgIpc) is 3.23. The highest BCUT2D eigenvalue weighted by Crippen LogP contribution is 2.30. The Morgan fingerprint density at radius 2 is 1.84 bits per heavy atom. The van der Waals surface area contributed by atoms with Gasteiger partial charge in [0.05, 0.1) is 17.9 Å². The van der Waals surface area contributed by atoms with Crippen LogP contribution in [-0.4, -0.2) is 22.6 Å². The van der Waals surface area contributed by atoms with Crippen LogP contribution in [0.4, 0.5) is 10.8 Å². The number of hydrogen-bond acceptors (Lipinski definition) is 6. The first-order valence-corrected chi connectivity index (χ1v) is 11.5. The van der Waals surface area contributed by atoms with E-state index in [0.717, 1.165) is 29.6 Å². The van der Waals surface area contributed by atoms with Gasteiger partial charge < -0.3 is 20.9 Å². The van der Waals surface area contributed by atoms with Gasteiger partial charge in [0.15, 0.2) is 5.13 Å². The number of nitrogens with two attached hydrogens (primary N) is 1. The molecule has 0 radical (unpaired) electrons. The van der Waals surface area contributed by atoms with Crippen LogP contribution in [0.5, 0.6) is 11.5 Å². The lowest BCUT2D eigenvalue weighted by Crippen LogP contribution is -2.11. The minimum Gasteiger partial charge on any atom is -0.507 e. The molecule has 0 atom stereocenters. The van der Waals surface area contributed by atoms with Crippen LogP contribution in [0.1, 0.15) is 55.8 Å². The van der Waals surface area contributed by atoms with Gasteiger partial charge in [0.1, 0.15) is 11.5 Å². The van der Waals surface area contributed by atoms with E-state index in [1.165, 1.54) is 49.5 Å². The number of hydrogen-bond donors (Lipinski definition) is 3. The molecule has 0 saturated heterocycles. The molecule has 0 aliphatic rings. The number of nitrogens with zero attached hydrogens (tertiary/aromatic N) is 1. The van der Waals surface area contributed by atoms with Gasteiger partial charge in [-0.1, -0.05) is 39.0 Å². The second kappa shape index (κ2) is 11.4. The number of thiazole rings is 1. The molecule has 164 valence electrons. The molecule has 3 aromatic rings. The van der Waals surface area contributed by atoms with Crippen molar-refractivity contribution in [3.05, 3.63) is 53.4 Å². The fourth-order valence-electron chi connectivity index (χ4n) is 3.19. The normalized spacial score (nSPS) is 10.7. The first kappa shape index (κ1) is 22.6. The molecule has 6 nitrogen and oxygen atoms in total. The molecular weight excluding hydrogens is 410 g/mol. The highest BCUT2D eigenvalue weighted by atomic mass is 32.1. The predicted molar refractivity (Wildman–Crippen MR) is 126 cm³/mol. The molecule has 7 heteroatoms. The van der Waals surface area contributed by atoms with Crippen LogP contribution in [0, 0.1) is 0 Å². The molecule has 0 spiro atoms. The summed E-state index contributed by atoms with van der Waals surface area (Å²) >= 11 is 1.45. The summed E-state index contributed by atoms with van der Waals surface area (Å²) in [6.07, 6.45) is 7.48. The van der Waals surface area contributed by atoms with Crippen molar-refractivity contribution in [1.82, 2.24) is 4.98 Å². The van der Waals surface area contributed by atoms with Gasteiger partial charge in [0, 0.05) is 16.6 Å². The number of benzene rings is 2. The largest absolute Gasteiger partial charge is 0.507 e. The molecule has 1 aromatic heterocycles. The van der Waals surface area contributed by atoms with Crippen molar-refractivity contribution in [2.45, 2.75) is 45.4 Å². The number of carbonyl (C=O) groups is 1. The van der Waals surface area contributed by atoms with Gasteiger partial charge in [-0.3, -0.25) is 4.79 Å². The van der Waals surface area contributed by atoms with Crippen molar-refractivity contribution in [3.8, 4) is 22.8 Å². The fraction of sp³-hybridized carbons (Fsp3) is 0.333. The van der Waals surface area contributed by atoms with Crippen LogP contribution in [0.3, 0.4) is 0 Å². The fourth-order valence-corrected chi connectivity index (χ4v) is 3.93. The number of carbonyl (C=O) groups excluding carboxylic acids is 1. The molecule has 0 fully saturated rings. The Morgan fingerprint density at radius 3 is 2.58 bits per heavy atom. The third kappa shape index (κ3) is 6.72. The van der Waals surface area contributed by atoms with Crippen LogP contribution < -0.4 is 15.8 Å². The lowest BCUT2D eigenvalue weighted by molar-refractivity contribution is 0.0998. The quantitative estimate of drug-likeness (QED) is 0.296. The van der Waals surface area contributed by atoms with Gasteiger partial charge >= 0.3 is 0 Å². The summed E-state index contributed by atoms with van der Waals surface area (Å²) in [4.78, 5) is 16.0. The molecule has 0 unspecified atom stereocenters. The number of ether oxygens (including phenoxy) is 1. The van der Waals surface area contributed by atoms with Crippen molar-refractivity contribution < 1.29 is 14.6 Å². The van der Waals surface area contributed by atoms with Crippen LogP contribution >= 0.6 is 11.3 Å². The zero-order valence-corrected chi connectivity index (χ0v) is 18.6. The minimum atomic E-state index is -0.674. The van der Waals surface area contributed by atoms with Crippen molar-refractivity contribution in [3.63, 3.8) is 0 Å². The molecule has 0 bridgehead atoms. The average molecular weight is 440 g/mol. The van der Waals surface area contributed by atoms with E-state index in [9.17, 15) is 9.90 Å². The summed E-state index contributed by atoms with van der Waals surface area (Å²) in [6.45, 7) is 2.97. The predicted octanol–water partition coefficient (Wildman–Crippen LogP) is 6.10. The Kier molecular flexibility index (Phi) is 8.29. The zero-order valence-electron chi connectivity index (χ0n) is 17.8. The van der Waals surface area contributed by atoms with E-state index in [1.807, 2.05) is 29.6 Å². The maximum absolute atomic E-state index is 11.4. The van der Waals surface area contributed by atoms with E-state index in [4.69, 9.17) is 10.5 Å². The molecular formula is C24H29N3O3S. The number of nitrogens with one attached hydrogen (secondary N) is 1. The summed E-state index contributed by atoms with van der Waals surface area (Å²) in [5.74, 6) is 0.0531. The molecule has 2 aromatic carbocycles. The molecule has 3 rings (SSSR count). The van der Waals surface area contributed by atoms with Crippen molar-refractivity contribution in [2.75, 3.05) is 11.9 Å². The van der Waals surface area contributed by atoms with E-state index < -0.39 is 5.91 Å². The van der Waals surface area contributed by atoms with Crippen LogP contribution in [0.2, 0.25) is 0 Å². The Labute approximate surface area is 187 Å². The van der Waals surface area contributed by atoms with Crippen molar-refractivity contribution in [2.24, 2.45) is 5.73 Å². The van der Waals surface area contributed by atoms with E-state index >= 15 is 0 Å². The Balaban J connectivity index is 1.52. The number of amides is 1.